The molecule has 0 N–H and O–H groups in total. The highest BCUT2D eigenvalue weighted by atomic mass is 16.5. The van der Waals surface area contributed by atoms with Crippen LogP contribution in [-0.4, -0.2) is 41.7 Å². The van der Waals surface area contributed by atoms with E-state index in [1.807, 2.05) is 0 Å². The van der Waals surface area contributed by atoms with Crippen LogP contribution in [0.25, 0.3) is 0 Å². The summed E-state index contributed by atoms with van der Waals surface area (Å²) in [7, 11) is 0. The lowest BCUT2D eigenvalue weighted by Gasteiger charge is -2.57. The van der Waals surface area contributed by atoms with Gasteiger partial charge in [0.05, 0.1) is 5.41 Å². The Hall–Kier alpha value is -1.65. The van der Waals surface area contributed by atoms with Crippen LogP contribution in [0.2, 0.25) is 0 Å². The first-order valence-electron chi connectivity index (χ1n) is 8.08. The zero-order valence-corrected chi connectivity index (χ0v) is 12.5. The van der Waals surface area contributed by atoms with E-state index in [9.17, 15) is 4.79 Å². The summed E-state index contributed by atoms with van der Waals surface area (Å²) in [6, 6.07) is 4.69. The topological polar surface area (TPSA) is 38.8 Å². The molecule has 3 aliphatic heterocycles. The minimum atomic E-state index is -0.407. The van der Waals surface area contributed by atoms with Crippen molar-refractivity contribution < 1.29 is 14.3 Å². The number of hydrogen-bond donors (Lipinski definition) is 0. The molecule has 4 unspecified atom stereocenters. The van der Waals surface area contributed by atoms with E-state index in [-0.39, 0.29) is 16.8 Å². The van der Waals surface area contributed by atoms with E-state index in [4.69, 9.17) is 9.47 Å². The van der Waals surface area contributed by atoms with E-state index in [1.54, 1.807) is 6.08 Å². The first-order chi connectivity index (χ1) is 10.7. The van der Waals surface area contributed by atoms with Crippen LogP contribution in [0.1, 0.15) is 23.1 Å². The average Bonchev–Trinajstić information content (AvgIpc) is 2.97. The molecule has 4 nitrogen and oxygen atoms in total. The van der Waals surface area contributed by atoms with E-state index >= 15 is 0 Å². The maximum atomic E-state index is 12.6. The van der Waals surface area contributed by atoms with E-state index in [1.165, 1.54) is 11.1 Å². The Labute approximate surface area is 128 Å². The van der Waals surface area contributed by atoms with Gasteiger partial charge in [-0.1, -0.05) is 12.1 Å². The number of hydrogen-bond acceptors (Lipinski definition) is 4. The van der Waals surface area contributed by atoms with E-state index in [0.29, 0.717) is 12.8 Å². The van der Waals surface area contributed by atoms with Gasteiger partial charge in [-0.25, -0.2) is 0 Å². The number of benzene rings is 1. The number of carbonyl (C=O) groups excluding carboxylic acids is 1. The predicted octanol–water partition coefficient (Wildman–Crippen LogP) is 1.49. The molecule has 1 aromatic rings. The second-order valence-corrected chi connectivity index (χ2v) is 7.30. The third kappa shape index (κ3) is 0.948. The maximum absolute atomic E-state index is 12.6. The van der Waals surface area contributed by atoms with Crippen molar-refractivity contribution in [2.24, 2.45) is 0 Å². The predicted molar refractivity (Wildman–Crippen MR) is 78.9 cm³/mol. The molecule has 4 heteroatoms. The first kappa shape index (κ1) is 11.9. The van der Waals surface area contributed by atoms with Crippen molar-refractivity contribution in [3.05, 3.63) is 41.0 Å². The lowest BCUT2D eigenvalue weighted by atomic mass is 9.51. The summed E-state index contributed by atoms with van der Waals surface area (Å²) in [5, 5.41) is 0. The van der Waals surface area contributed by atoms with Gasteiger partial charge in [-0.15, -0.1) is 0 Å². The number of ketones is 1. The van der Waals surface area contributed by atoms with Gasteiger partial charge in [0.1, 0.15) is 18.1 Å². The van der Waals surface area contributed by atoms with Crippen molar-refractivity contribution in [1.82, 2.24) is 4.90 Å². The zero-order chi connectivity index (χ0) is 14.7. The molecule has 5 aliphatic rings. The summed E-state index contributed by atoms with van der Waals surface area (Å²) in [5.74, 6) is 1.04. The second kappa shape index (κ2) is 3.31. The third-order valence-electron chi connectivity index (χ3n) is 6.63. The molecule has 0 amide bonds. The van der Waals surface area contributed by atoms with Gasteiger partial charge >= 0.3 is 0 Å². The molecule has 2 saturated heterocycles. The Bertz CT molecular complexity index is 785. The summed E-state index contributed by atoms with van der Waals surface area (Å²) in [5.41, 5.74) is 3.06. The normalized spacial score (nSPS) is 45.7. The van der Waals surface area contributed by atoms with Gasteiger partial charge in [0.25, 0.3) is 0 Å². The van der Waals surface area contributed by atoms with E-state index in [2.05, 4.69) is 30.0 Å². The average molecular weight is 295 g/mol. The summed E-state index contributed by atoms with van der Waals surface area (Å²) >= 11 is 0. The van der Waals surface area contributed by atoms with Gasteiger partial charge in [-0.3, -0.25) is 9.69 Å². The highest BCUT2D eigenvalue weighted by molar-refractivity contribution is 5.99. The molecule has 22 heavy (non-hydrogen) atoms. The van der Waals surface area contributed by atoms with Crippen molar-refractivity contribution in [3.63, 3.8) is 0 Å². The number of rotatable bonds is 0. The van der Waals surface area contributed by atoms with Gasteiger partial charge in [0.15, 0.2) is 11.9 Å². The molecule has 6 rings (SSSR count). The molecule has 5 atom stereocenters. The standard InChI is InChI=1S/C18H17NO3/c1-10-2-3-11-8-13-18-5-4-12(20)16-17(18,14(11)15(10)22-16)6-7-19(13)9-21-18/h2-5,13,16H,6-9H2,1H3/t13?,16?,17-,18?/m0/s1. The van der Waals surface area contributed by atoms with E-state index < -0.39 is 6.10 Å². The molecular weight excluding hydrogens is 278 g/mol. The number of ether oxygens (including phenoxy) is 2. The van der Waals surface area contributed by atoms with E-state index in [0.717, 1.165) is 30.7 Å². The number of carbonyl (C=O) groups is 1. The van der Waals surface area contributed by atoms with Crippen LogP contribution in [0.5, 0.6) is 5.75 Å². The molecule has 0 radical (unpaired) electrons. The third-order valence-corrected chi connectivity index (χ3v) is 6.63. The SMILES string of the molecule is Cc1ccc2c3c1OC1C(=O)C=CC45OCN(CC[C@]314)C5C2. The van der Waals surface area contributed by atoms with Crippen LogP contribution < -0.4 is 4.74 Å². The molecule has 2 spiro atoms. The Morgan fingerprint density at radius 1 is 1.36 bits per heavy atom. The van der Waals surface area contributed by atoms with Gasteiger partial charge in [0, 0.05) is 18.2 Å². The highest BCUT2D eigenvalue weighted by Gasteiger charge is 2.74. The molecule has 3 heterocycles. The lowest BCUT2D eigenvalue weighted by molar-refractivity contribution is -0.135. The molecule has 0 aromatic heterocycles. The minimum absolute atomic E-state index is 0.0942. The van der Waals surface area contributed by atoms with Gasteiger partial charge < -0.3 is 9.47 Å². The van der Waals surface area contributed by atoms with Crippen LogP contribution in [0.3, 0.4) is 0 Å². The fourth-order valence-corrected chi connectivity index (χ4v) is 5.74. The zero-order valence-electron chi connectivity index (χ0n) is 12.5. The fourth-order valence-electron chi connectivity index (χ4n) is 5.74. The van der Waals surface area contributed by atoms with Crippen molar-refractivity contribution in [3.8, 4) is 5.75 Å². The van der Waals surface area contributed by atoms with Gasteiger partial charge in [-0.05, 0) is 43.0 Å². The Morgan fingerprint density at radius 2 is 2.27 bits per heavy atom. The summed E-state index contributed by atoms with van der Waals surface area (Å²) in [4.78, 5) is 15.1. The largest absolute Gasteiger partial charge is 0.481 e. The van der Waals surface area contributed by atoms with Gasteiger partial charge in [-0.2, -0.15) is 0 Å². The molecule has 1 aromatic carbocycles. The van der Waals surface area contributed by atoms with Crippen LogP contribution in [-0.2, 0) is 21.4 Å². The quantitative estimate of drug-likeness (QED) is 0.727. The second-order valence-electron chi connectivity index (χ2n) is 7.30. The van der Waals surface area contributed by atoms with Gasteiger partial charge in [0.2, 0.25) is 0 Å². The first-order valence-corrected chi connectivity index (χ1v) is 8.08. The summed E-state index contributed by atoms with van der Waals surface area (Å²) in [6.07, 6.45) is 5.28. The van der Waals surface area contributed by atoms with Crippen LogP contribution in [0.15, 0.2) is 24.3 Å². The summed E-state index contributed by atoms with van der Waals surface area (Å²) < 4.78 is 12.6. The monoisotopic (exact) mass is 295 g/mol. The Kier molecular flexibility index (Phi) is 1.79. The highest BCUT2D eigenvalue weighted by Crippen LogP contribution is 2.65. The van der Waals surface area contributed by atoms with Crippen molar-refractivity contribution in [1.29, 1.82) is 0 Å². The van der Waals surface area contributed by atoms with Crippen molar-refractivity contribution >= 4 is 5.78 Å². The molecule has 2 fully saturated rings. The number of aryl methyl sites for hydroxylation is 1. The molecule has 2 aliphatic carbocycles. The maximum Gasteiger partial charge on any atom is 0.196 e. The summed E-state index contributed by atoms with van der Waals surface area (Å²) in [6.45, 7) is 3.73. The van der Waals surface area contributed by atoms with Crippen LogP contribution >= 0.6 is 0 Å². The van der Waals surface area contributed by atoms with Crippen molar-refractivity contribution in [2.75, 3.05) is 13.3 Å². The van der Waals surface area contributed by atoms with Crippen molar-refractivity contribution in [2.45, 2.75) is 42.9 Å². The molecule has 0 saturated carbocycles. The smallest absolute Gasteiger partial charge is 0.196 e. The lowest BCUT2D eigenvalue weighted by Crippen LogP contribution is -2.71. The number of nitrogens with zero attached hydrogens (tertiary/aromatic N) is 1. The van der Waals surface area contributed by atoms with Crippen LogP contribution in [0.4, 0.5) is 0 Å². The fraction of sp³-hybridized carbons (Fsp3) is 0.500. The van der Waals surface area contributed by atoms with Crippen LogP contribution in [0, 0.1) is 6.92 Å². The Morgan fingerprint density at radius 3 is 3.18 bits per heavy atom. The number of piperidine rings is 1. The Balaban J connectivity index is 1.78. The minimum Gasteiger partial charge on any atom is -0.481 e. The molecule has 4 bridgehead atoms. The molecule has 112 valence electrons. The molecular formula is C18H17NO3.